The monoisotopic (exact) mass is 846 g/mol. The minimum Gasteiger partial charge on any atom is -0.394 e. The van der Waals surface area contributed by atoms with Gasteiger partial charge in [-0.2, -0.15) is 0 Å². The van der Waals surface area contributed by atoms with E-state index < -0.39 is 12.1 Å². The van der Waals surface area contributed by atoms with Crippen molar-refractivity contribution in [2.45, 2.75) is 334 Å². The van der Waals surface area contributed by atoms with Crippen molar-refractivity contribution in [2.24, 2.45) is 0 Å². The van der Waals surface area contributed by atoms with Crippen LogP contribution in [0.5, 0.6) is 0 Å². The molecular weight excluding hydrogens is 735 g/mol. The zero-order chi connectivity index (χ0) is 43.5. The van der Waals surface area contributed by atoms with Gasteiger partial charge in [-0.05, 0) is 19.3 Å². The molecule has 0 aliphatic heterocycles. The predicted molar refractivity (Wildman–Crippen MR) is 267 cm³/mol. The fourth-order valence-electron chi connectivity index (χ4n) is 9.01. The number of amides is 1. The van der Waals surface area contributed by atoms with Gasteiger partial charge in [-0.1, -0.05) is 309 Å². The van der Waals surface area contributed by atoms with Crippen LogP contribution in [-0.2, 0) is 4.79 Å². The van der Waals surface area contributed by atoms with Crippen molar-refractivity contribution in [3.05, 3.63) is 12.2 Å². The van der Waals surface area contributed by atoms with Crippen LogP contribution in [0.4, 0.5) is 0 Å². The Bertz CT molecular complexity index is 829. The van der Waals surface area contributed by atoms with Crippen LogP contribution >= 0.6 is 0 Å². The lowest BCUT2D eigenvalue weighted by Crippen LogP contribution is -2.45. The van der Waals surface area contributed by atoms with Crippen LogP contribution in [0.25, 0.3) is 0 Å². The molecule has 358 valence electrons. The summed E-state index contributed by atoms with van der Waals surface area (Å²) in [7, 11) is 0. The molecule has 0 bridgehead atoms. The van der Waals surface area contributed by atoms with Crippen molar-refractivity contribution >= 4 is 5.91 Å². The van der Waals surface area contributed by atoms with E-state index in [4.69, 9.17) is 0 Å². The summed E-state index contributed by atoms with van der Waals surface area (Å²) < 4.78 is 0. The van der Waals surface area contributed by atoms with Gasteiger partial charge in [0.25, 0.3) is 0 Å². The molecule has 0 saturated heterocycles. The van der Waals surface area contributed by atoms with Crippen molar-refractivity contribution in [1.82, 2.24) is 5.32 Å². The Morgan fingerprint density at radius 3 is 0.867 bits per heavy atom. The first-order valence-corrected chi connectivity index (χ1v) is 27.9. The molecule has 0 radical (unpaired) electrons. The van der Waals surface area contributed by atoms with Crippen LogP contribution in [0.15, 0.2) is 12.2 Å². The van der Waals surface area contributed by atoms with Crippen molar-refractivity contribution in [3.8, 4) is 0 Å². The molecule has 0 aromatic heterocycles. The fraction of sp³-hybridized carbons (Fsp3) is 0.946. The molecule has 0 aromatic rings. The van der Waals surface area contributed by atoms with E-state index in [1.54, 1.807) is 6.08 Å². The van der Waals surface area contributed by atoms with Gasteiger partial charge in [-0.3, -0.25) is 4.79 Å². The van der Waals surface area contributed by atoms with Crippen molar-refractivity contribution in [2.75, 3.05) is 6.61 Å². The third-order valence-corrected chi connectivity index (χ3v) is 13.3. The summed E-state index contributed by atoms with van der Waals surface area (Å²) in [6.45, 7) is 4.35. The van der Waals surface area contributed by atoms with Gasteiger partial charge in [0.1, 0.15) is 0 Å². The number of hydrogen-bond acceptors (Lipinski definition) is 3. The average Bonchev–Trinajstić information content (AvgIpc) is 3.25. The smallest absolute Gasteiger partial charge is 0.220 e. The summed E-state index contributed by atoms with van der Waals surface area (Å²) in [4.78, 5) is 12.5. The molecule has 2 atom stereocenters. The van der Waals surface area contributed by atoms with Gasteiger partial charge in [0.15, 0.2) is 0 Å². The standard InChI is InChI=1S/C56H111NO3/c1-3-5-7-9-11-13-15-17-19-21-23-25-27-28-30-31-33-35-37-39-41-43-45-47-49-51-55(59)54(53-58)57-56(60)52-50-48-46-44-42-40-38-36-34-32-29-26-24-22-20-18-16-14-12-10-8-6-4-2/h49,51,54-55,58-59H,3-48,50,52-53H2,1-2H3,(H,57,60)/b51-49+. The number of carbonyl (C=O) groups is 1. The summed E-state index contributed by atoms with van der Waals surface area (Å²) in [5.74, 6) is -0.0557. The molecule has 2 unspecified atom stereocenters. The quantitative estimate of drug-likeness (QED) is 0.0422. The number of nitrogens with one attached hydrogen (secondary N) is 1. The molecule has 0 fully saturated rings. The maximum absolute atomic E-state index is 12.5. The molecule has 0 aliphatic rings. The lowest BCUT2D eigenvalue weighted by Gasteiger charge is -2.20. The van der Waals surface area contributed by atoms with Gasteiger partial charge in [-0.15, -0.1) is 0 Å². The van der Waals surface area contributed by atoms with Gasteiger partial charge in [0, 0.05) is 6.42 Å². The van der Waals surface area contributed by atoms with Crippen molar-refractivity contribution < 1.29 is 15.0 Å². The molecule has 4 heteroatoms. The minimum atomic E-state index is -0.835. The van der Waals surface area contributed by atoms with Gasteiger partial charge in [0.05, 0.1) is 18.8 Å². The van der Waals surface area contributed by atoms with E-state index >= 15 is 0 Å². The summed E-state index contributed by atoms with van der Waals surface area (Å²) >= 11 is 0. The number of hydrogen-bond donors (Lipinski definition) is 3. The zero-order valence-corrected chi connectivity index (χ0v) is 41.3. The van der Waals surface area contributed by atoms with Gasteiger partial charge in [-0.25, -0.2) is 0 Å². The van der Waals surface area contributed by atoms with Crippen molar-refractivity contribution in [3.63, 3.8) is 0 Å². The number of rotatable bonds is 52. The lowest BCUT2D eigenvalue weighted by atomic mass is 10.0. The fourth-order valence-corrected chi connectivity index (χ4v) is 9.01. The topological polar surface area (TPSA) is 69.6 Å². The Balaban J connectivity index is 3.45. The van der Waals surface area contributed by atoms with Crippen LogP contribution in [0.3, 0.4) is 0 Å². The highest BCUT2D eigenvalue weighted by Gasteiger charge is 2.18. The first-order valence-electron chi connectivity index (χ1n) is 27.9. The lowest BCUT2D eigenvalue weighted by molar-refractivity contribution is -0.123. The second kappa shape index (κ2) is 52.5. The summed E-state index contributed by atoms with van der Waals surface area (Å²) in [5, 5.41) is 23.2. The third-order valence-electron chi connectivity index (χ3n) is 13.3. The minimum absolute atomic E-state index is 0.0557. The third kappa shape index (κ3) is 48.2. The van der Waals surface area contributed by atoms with Crippen LogP contribution in [0, 0.1) is 0 Å². The van der Waals surface area contributed by atoms with Crippen LogP contribution in [-0.4, -0.2) is 34.9 Å². The molecule has 0 aliphatic carbocycles. The van der Waals surface area contributed by atoms with E-state index in [1.165, 1.54) is 276 Å². The number of unbranched alkanes of at least 4 members (excludes halogenated alkanes) is 45. The maximum atomic E-state index is 12.5. The maximum Gasteiger partial charge on any atom is 0.220 e. The van der Waals surface area contributed by atoms with E-state index in [2.05, 4.69) is 19.2 Å². The highest BCUT2D eigenvalue weighted by atomic mass is 16.3. The first kappa shape index (κ1) is 59.1. The van der Waals surface area contributed by atoms with Crippen molar-refractivity contribution in [1.29, 1.82) is 0 Å². The second-order valence-corrected chi connectivity index (χ2v) is 19.4. The normalized spacial score (nSPS) is 12.8. The number of aliphatic hydroxyl groups is 2. The Kier molecular flexibility index (Phi) is 51.7. The zero-order valence-electron chi connectivity index (χ0n) is 41.3. The first-order chi connectivity index (χ1) is 29.7. The highest BCUT2D eigenvalue weighted by molar-refractivity contribution is 5.76. The number of allylic oxidation sites excluding steroid dienone is 1. The number of aliphatic hydroxyl groups excluding tert-OH is 2. The van der Waals surface area contributed by atoms with E-state index in [9.17, 15) is 15.0 Å². The van der Waals surface area contributed by atoms with Gasteiger partial charge in [0.2, 0.25) is 5.91 Å². The summed E-state index contributed by atoms with van der Waals surface area (Å²) in [5.41, 5.74) is 0. The molecule has 4 nitrogen and oxygen atoms in total. The highest BCUT2D eigenvalue weighted by Crippen LogP contribution is 2.18. The Labute approximate surface area is 377 Å². The SMILES string of the molecule is CCCCCCCCCCCCCCCCCCCCCCCCC/C=C/C(O)C(CO)NC(=O)CCCCCCCCCCCCCCCCCCCCCCCCC. The van der Waals surface area contributed by atoms with E-state index in [0.717, 1.165) is 25.7 Å². The van der Waals surface area contributed by atoms with Crippen LogP contribution < -0.4 is 5.32 Å². The van der Waals surface area contributed by atoms with E-state index in [1.807, 2.05) is 6.08 Å². The molecule has 3 N–H and O–H groups in total. The van der Waals surface area contributed by atoms with Crippen LogP contribution in [0.1, 0.15) is 322 Å². The summed E-state index contributed by atoms with van der Waals surface area (Å²) in [6, 6.07) is -0.618. The Morgan fingerprint density at radius 2 is 0.617 bits per heavy atom. The predicted octanol–water partition coefficient (Wildman–Crippen LogP) is 18.1. The molecule has 0 rings (SSSR count). The molecule has 0 aromatic carbocycles. The largest absolute Gasteiger partial charge is 0.394 e. The molecule has 60 heavy (non-hydrogen) atoms. The van der Waals surface area contributed by atoms with Gasteiger partial charge >= 0.3 is 0 Å². The van der Waals surface area contributed by atoms with Gasteiger partial charge < -0.3 is 15.5 Å². The second-order valence-electron chi connectivity index (χ2n) is 19.4. The Morgan fingerprint density at radius 1 is 0.383 bits per heavy atom. The number of carbonyl (C=O) groups excluding carboxylic acids is 1. The molecule has 0 spiro atoms. The summed E-state index contributed by atoms with van der Waals surface area (Å²) in [6.07, 6.45) is 68.0. The molecule has 0 saturated carbocycles. The molecule has 0 heterocycles. The Hall–Kier alpha value is -0.870. The van der Waals surface area contributed by atoms with E-state index in [-0.39, 0.29) is 12.5 Å². The van der Waals surface area contributed by atoms with E-state index in [0.29, 0.717) is 6.42 Å². The van der Waals surface area contributed by atoms with Crippen LogP contribution in [0.2, 0.25) is 0 Å². The average molecular weight is 847 g/mol. The molecule has 1 amide bonds. The molecular formula is C56H111NO3.